The van der Waals surface area contributed by atoms with Crippen LogP contribution >= 0.6 is 0 Å². The number of nitro groups is 1. The number of hydrogen-bond donors (Lipinski definition) is 1. The molecule has 0 saturated carbocycles. The Kier molecular flexibility index (Phi) is 6.21. The highest BCUT2D eigenvalue weighted by Gasteiger charge is 2.43. The summed E-state index contributed by atoms with van der Waals surface area (Å²) in [7, 11) is 2.25. The Morgan fingerprint density at radius 3 is 2.31 bits per heavy atom. The first-order valence-electron chi connectivity index (χ1n) is 9.25. The first-order valence-corrected chi connectivity index (χ1v) is 9.25. The van der Waals surface area contributed by atoms with E-state index in [2.05, 4.69) is 0 Å². The van der Waals surface area contributed by atoms with Gasteiger partial charge in [-0.2, -0.15) is 5.26 Å². The predicted octanol–water partition coefficient (Wildman–Crippen LogP) is 2.49. The Hall–Kier alpha value is -4.65. The summed E-state index contributed by atoms with van der Waals surface area (Å²) in [5, 5.41) is 21.2. The molecule has 0 fully saturated rings. The molecule has 0 amide bonds. The molecule has 0 radical (unpaired) electrons. The van der Waals surface area contributed by atoms with Gasteiger partial charge in [-0.05, 0) is 17.7 Å². The minimum atomic E-state index is -1.19. The van der Waals surface area contributed by atoms with E-state index in [0.717, 1.165) is 14.2 Å². The lowest BCUT2D eigenvalue weighted by Gasteiger charge is -2.35. The van der Waals surface area contributed by atoms with Crippen LogP contribution in [0.5, 0.6) is 0 Å². The molecular formula is C22H18N4O6. The van der Waals surface area contributed by atoms with E-state index < -0.39 is 22.8 Å². The number of rotatable bonds is 5. The smallest absolute Gasteiger partial charge is 0.355 e. The van der Waals surface area contributed by atoms with Crippen molar-refractivity contribution >= 4 is 23.3 Å². The minimum absolute atomic E-state index is 0.0811. The number of nitriles is 1. The van der Waals surface area contributed by atoms with Crippen molar-refractivity contribution in [1.29, 1.82) is 5.26 Å². The van der Waals surface area contributed by atoms with E-state index in [1.165, 1.54) is 29.2 Å². The number of benzene rings is 2. The van der Waals surface area contributed by atoms with Crippen LogP contribution in [0.4, 0.5) is 11.4 Å². The number of nitrogens with zero attached hydrogens (tertiary/aromatic N) is 3. The first-order chi connectivity index (χ1) is 15.3. The largest absolute Gasteiger partial charge is 0.466 e. The SMILES string of the molecule is COC(=O)C1=C(C(=O)OC)N(c2ccccc2)C(N)=C(C#N)C1c1cccc([N+](=O)[O-])c1. The molecule has 1 atom stereocenters. The number of nitrogens with two attached hydrogens (primary N) is 1. The monoisotopic (exact) mass is 434 g/mol. The van der Waals surface area contributed by atoms with Crippen LogP contribution in [0, 0.1) is 21.4 Å². The molecule has 2 N–H and O–H groups in total. The lowest BCUT2D eigenvalue weighted by atomic mass is 9.80. The molecule has 0 aliphatic carbocycles. The molecule has 0 bridgehead atoms. The summed E-state index contributed by atoms with van der Waals surface area (Å²) in [5.74, 6) is -3.13. The van der Waals surface area contributed by atoms with E-state index in [1.807, 2.05) is 6.07 Å². The van der Waals surface area contributed by atoms with Crippen molar-refractivity contribution in [3.8, 4) is 6.07 Å². The summed E-state index contributed by atoms with van der Waals surface area (Å²) in [6.45, 7) is 0. The molecule has 162 valence electrons. The van der Waals surface area contributed by atoms with Crippen molar-refractivity contribution in [1.82, 2.24) is 0 Å². The van der Waals surface area contributed by atoms with Crippen LogP contribution in [0.2, 0.25) is 0 Å². The van der Waals surface area contributed by atoms with Crippen LogP contribution in [0.1, 0.15) is 11.5 Å². The van der Waals surface area contributed by atoms with Gasteiger partial charge in [0.25, 0.3) is 5.69 Å². The molecule has 10 heteroatoms. The Morgan fingerprint density at radius 1 is 1.09 bits per heavy atom. The second-order valence-corrected chi connectivity index (χ2v) is 6.61. The van der Waals surface area contributed by atoms with Crippen molar-refractivity contribution in [2.45, 2.75) is 5.92 Å². The number of esters is 2. The molecule has 32 heavy (non-hydrogen) atoms. The summed E-state index contributed by atoms with van der Waals surface area (Å²) in [5.41, 5.74) is 6.13. The highest BCUT2D eigenvalue weighted by atomic mass is 16.6. The lowest BCUT2D eigenvalue weighted by molar-refractivity contribution is -0.384. The van der Waals surface area contributed by atoms with Crippen LogP contribution in [0.3, 0.4) is 0 Å². The van der Waals surface area contributed by atoms with Crippen LogP contribution in [0.15, 0.2) is 77.3 Å². The summed E-state index contributed by atoms with van der Waals surface area (Å²) in [4.78, 5) is 37.7. The van der Waals surface area contributed by atoms with Gasteiger partial charge in [0.1, 0.15) is 11.5 Å². The van der Waals surface area contributed by atoms with Gasteiger partial charge in [-0.15, -0.1) is 0 Å². The number of anilines is 1. The van der Waals surface area contributed by atoms with E-state index >= 15 is 0 Å². The fraction of sp³-hybridized carbons (Fsp3) is 0.136. The van der Waals surface area contributed by atoms with Gasteiger partial charge in [-0.1, -0.05) is 30.3 Å². The fourth-order valence-corrected chi connectivity index (χ4v) is 3.53. The molecule has 1 unspecified atom stereocenters. The molecule has 1 aliphatic heterocycles. The van der Waals surface area contributed by atoms with Crippen LogP contribution < -0.4 is 10.6 Å². The highest BCUT2D eigenvalue weighted by molar-refractivity contribution is 6.06. The zero-order chi connectivity index (χ0) is 23.4. The van der Waals surface area contributed by atoms with Crippen LogP contribution in [-0.4, -0.2) is 31.1 Å². The number of carbonyl (C=O) groups is 2. The number of methoxy groups -OCH3 is 2. The van der Waals surface area contributed by atoms with E-state index in [-0.39, 0.29) is 33.9 Å². The molecule has 10 nitrogen and oxygen atoms in total. The van der Waals surface area contributed by atoms with Gasteiger partial charge in [0.2, 0.25) is 0 Å². The summed E-state index contributed by atoms with van der Waals surface area (Å²) in [6, 6.07) is 15.8. The highest BCUT2D eigenvalue weighted by Crippen LogP contribution is 2.43. The number of carbonyl (C=O) groups excluding carboxylic acids is 2. The molecule has 1 heterocycles. The zero-order valence-corrected chi connectivity index (χ0v) is 17.1. The zero-order valence-electron chi connectivity index (χ0n) is 17.1. The Labute approximate surface area is 182 Å². The number of para-hydroxylation sites is 1. The number of ether oxygens (including phenoxy) is 2. The van der Waals surface area contributed by atoms with Gasteiger partial charge in [-0.3, -0.25) is 15.0 Å². The molecule has 2 aromatic carbocycles. The third-order valence-electron chi connectivity index (χ3n) is 4.91. The Balaban J connectivity index is 2.41. The summed E-state index contributed by atoms with van der Waals surface area (Å²) < 4.78 is 9.83. The van der Waals surface area contributed by atoms with E-state index in [0.29, 0.717) is 5.69 Å². The Bertz CT molecular complexity index is 1200. The second kappa shape index (κ2) is 9.01. The summed E-state index contributed by atoms with van der Waals surface area (Å²) >= 11 is 0. The summed E-state index contributed by atoms with van der Waals surface area (Å²) in [6.07, 6.45) is 0. The van der Waals surface area contributed by atoms with E-state index in [4.69, 9.17) is 15.2 Å². The Morgan fingerprint density at radius 2 is 1.75 bits per heavy atom. The van der Waals surface area contributed by atoms with Crippen molar-refractivity contribution < 1.29 is 24.0 Å². The van der Waals surface area contributed by atoms with E-state index in [1.54, 1.807) is 30.3 Å². The van der Waals surface area contributed by atoms with Crippen molar-refractivity contribution in [2.24, 2.45) is 5.73 Å². The van der Waals surface area contributed by atoms with Crippen molar-refractivity contribution in [2.75, 3.05) is 19.1 Å². The number of nitro benzene ring substituents is 1. The minimum Gasteiger partial charge on any atom is -0.466 e. The first kappa shape index (κ1) is 22.0. The third-order valence-corrected chi connectivity index (χ3v) is 4.91. The van der Waals surface area contributed by atoms with Crippen molar-refractivity contribution in [3.63, 3.8) is 0 Å². The van der Waals surface area contributed by atoms with Gasteiger partial charge in [-0.25, -0.2) is 9.59 Å². The van der Waals surface area contributed by atoms with Gasteiger partial charge >= 0.3 is 11.9 Å². The van der Waals surface area contributed by atoms with Crippen LogP contribution in [-0.2, 0) is 19.1 Å². The average molecular weight is 434 g/mol. The molecule has 0 saturated heterocycles. The lowest BCUT2D eigenvalue weighted by Crippen LogP contribution is -2.40. The number of hydrogen-bond acceptors (Lipinski definition) is 9. The number of non-ortho nitro benzene ring substituents is 1. The standard InChI is InChI=1S/C22H18N4O6/c1-31-21(27)18-17(13-7-6-10-15(11-13)26(29)30)16(12-23)20(24)25(19(18)22(28)32-2)14-8-4-3-5-9-14/h3-11,17H,24H2,1-2H3. The van der Waals surface area contributed by atoms with Crippen molar-refractivity contribution in [3.05, 3.63) is 92.9 Å². The second-order valence-electron chi connectivity index (χ2n) is 6.61. The van der Waals surface area contributed by atoms with Gasteiger partial charge in [0.05, 0.1) is 42.3 Å². The molecule has 1 aliphatic rings. The molecular weight excluding hydrogens is 416 g/mol. The van der Waals surface area contributed by atoms with E-state index in [9.17, 15) is 25.0 Å². The quantitative estimate of drug-likeness (QED) is 0.425. The molecule has 0 spiro atoms. The van der Waals surface area contributed by atoms with Gasteiger partial charge in [0.15, 0.2) is 0 Å². The van der Waals surface area contributed by atoms with Crippen LogP contribution in [0.25, 0.3) is 0 Å². The maximum Gasteiger partial charge on any atom is 0.355 e. The maximum atomic E-state index is 12.9. The number of allylic oxidation sites excluding steroid dienone is 1. The molecule has 2 aromatic rings. The molecule has 3 rings (SSSR count). The molecule has 0 aromatic heterocycles. The maximum absolute atomic E-state index is 12.9. The normalized spacial score (nSPS) is 15.8. The topological polar surface area (TPSA) is 149 Å². The van der Waals surface area contributed by atoms with Gasteiger partial charge < -0.3 is 15.2 Å². The third kappa shape index (κ3) is 3.75. The fourth-order valence-electron chi connectivity index (χ4n) is 3.53. The predicted molar refractivity (Wildman–Crippen MR) is 113 cm³/mol. The average Bonchev–Trinajstić information content (AvgIpc) is 2.82. The van der Waals surface area contributed by atoms with Gasteiger partial charge in [0, 0.05) is 17.8 Å².